The molecule has 72 valence electrons. The van der Waals surface area contributed by atoms with Gasteiger partial charge < -0.3 is 5.32 Å². The molecule has 0 aromatic carbocycles. The van der Waals surface area contributed by atoms with Crippen molar-refractivity contribution in [1.82, 2.24) is 20.2 Å². The van der Waals surface area contributed by atoms with Gasteiger partial charge in [0.1, 0.15) is 5.01 Å². The van der Waals surface area contributed by atoms with E-state index in [2.05, 4.69) is 25.5 Å². The largest absolute Gasteiger partial charge is 0.354 e. The highest BCUT2D eigenvalue weighted by molar-refractivity contribution is 7.15. The van der Waals surface area contributed by atoms with Crippen LogP contribution in [0.4, 0.5) is 5.13 Å². The first kappa shape index (κ1) is 9.01. The highest BCUT2D eigenvalue weighted by Crippen LogP contribution is 2.13. The number of aromatic nitrogens is 4. The summed E-state index contributed by atoms with van der Waals surface area (Å²) in [6, 6.07) is 0. The van der Waals surface area contributed by atoms with E-state index in [0.29, 0.717) is 6.54 Å². The summed E-state index contributed by atoms with van der Waals surface area (Å²) in [5, 5.41) is 12.7. The third-order valence-corrected chi connectivity index (χ3v) is 2.36. The van der Waals surface area contributed by atoms with Crippen LogP contribution in [0.2, 0.25) is 0 Å². The van der Waals surface area contributed by atoms with Crippen LogP contribution in [-0.2, 0) is 6.54 Å². The monoisotopic (exact) mass is 207 g/mol. The molecule has 0 spiro atoms. The Morgan fingerprint density at radius 3 is 2.93 bits per heavy atom. The highest BCUT2D eigenvalue weighted by Gasteiger charge is 1.99. The molecule has 0 aliphatic carbocycles. The average Bonchev–Trinajstić information content (AvgIpc) is 2.63. The van der Waals surface area contributed by atoms with E-state index in [-0.39, 0.29) is 0 Å². The van der Waals surface area contributed by atoms with Gasteiger partial charge in [0.05, 0.1) is 18.4 Å². The van der Waals surface area contributed by atoms with Crippen molar-refractivity contribution in [2.45, 2.75) is 13.5 Å². The van der Waals surface area contributed by atoms with Crippen LogP contribution in [0, 0.1) is 6.92 Å². The minimum Gasteiger partial charge on any atom is -0.354 e. The van der Waals surface area contributed by atoms with Crippen molar-refractivity contribution < 1.29 is 0 Å². The molecule has 0 bridgehead atoms. The molecule has 0 aliphatic heterocycles. The molecule has 5 nitrogen and oxygen atoms in total. The first-order valence-electron chi connectivity index (χ1n) is 4.13. The molecule has 2 aromatic heterocycles. The molecule has 0 saturated carbocycles. The molecule has 0 radical (unpaired) electrons. The molecule has 0 fully saturated rings. The van der Waals surface area contributed by atoms with Gasteiger partial charge in [0.2, 0.25) is 5.13 Å². The maximum Gasteiger partial charge on any atom is 0.205 e. The van der Waals surface area contributed by atoms with Crippen molar-refractivity contribution in [1.29, 1.82) is 0 Å². The molecule has 0 amide bonds. The van der Waals surface area contributed by atoms with Crippen LogP contribution in [0.25, 0.3) is 0 Å². The third kappa shape index (κ3) is 2.23. The van der Waals surface area contributed by atoms with E-state index in [1.807, 2.05) is 6.92 Å². The standard InChI is InChI=1S/C8H9N5S/c1-6-12-13-8(14-6)11-5-7-4-9-2-3-10-7/h2-4H,5H2,1H3,(H,11,13). The topological polar surface area (TPSA) is 63.6 Å². The van der Waals surface area contributed by atoms with E-state index >= 15 is 0 Å². The van der Waals surface area contributed by atoms with Crippen LogP contribution in [0.15, 0.2) is 18.6 Å². The Hall–Kier alpha value is -1.56. The third-order valence-electron chi connectivity index (χ3n) is 1.56. The van der Waals surface area contributed by atoms with Crippen LogP contribution in [0.1, 0.15) is 10.7 Å². The Balaban J connectivity index is 1.95. The summed E-state index contributed by atoms with van der Waals surface area (Å²) in [5.74, 6) is 0. The number of nitrogens with one attached hydrogen (secondary N) is 1. The summed E-state index contributed by atoms with van der Waals surface area (Å²) in [7, 11) is 0. The molecule has 0 unspecified atom stereocenters. The molecule has 0 saturated heterocycles. The number of hydrogen-bond donors (Lipinski definition) is 1. The lowest BCUT2D eigenvalue weighted by Crippen LogP contribution is -2.01. The van der Waals surface area contributed by atoms with Gasteiger partial charge >= 0.3 is 0 Å². The fourth-order valence-corrected chi connectivity index (χ4v) is 1.54. The van der Waals surface area contributed by atoms with E-state index < -0.39 is 0 Å². The minimum atomic E-state index is 0.627. The van der Waals surface area contributed by atoms with Crippen LogP contribution < -0.4 is 5.32 Å². The van der Waals surface area contributed by atoms with Crippen molar-refractivity contribution >= 4 is 16.5 Å². The van der Waals surface area contributed by atoms with E-state index in [1.165, 1.54) is 11.3 Å². The Kier molecular flexibility index (Phi) is 2.64. The molecule has 6 heteroatoms. The second-order valence-corrected chi connectivity index (χ2v) is 3.86. The molecule has 0 atom stereocenters. The predicted molar refractivity (Wildman–Crippen MR) is 54.0 cm³/mol. The van der Waals surface area contributed by atoms with Crippen LogP contribution >= 0.6 is 11.3 Å². The summed E-state index contributed by atoms with van der Waals surface area (Å²) in [6.45, 7) is 2.55. The Morgan fingerprint density at radius 1 is 1.36 bits per heavy atom. The minimum absolute atomic E-state index is 0.627. The van der Waals surface area contributed by atoms with Crippen LogP contribution in [-0.4, -0.2) is 20.2 Å². The van der Waals surface area contributed by atoms with Gasteiger partial charge in [0.15, 0.2) is 0 Å². The van der Waals surface area contributed by atoms with E-state index in [4.69, 9.17) is 0 Å². The van der Waals surface area contributed by atoms with E-state index in [0.717, 1.165) is 15.8 Å². The highest BCUT2D eigenvalue weighted by atomic mass is 32.1. The Bertz CT molecular complexity index is 399. The zero-order valence-electron chi connectivity index (χ0n) is 7.64. The van der Waals surface area contributed by atoms with Crippen LogP contribution in [0.3, 0.4) is 0 Å². The normalized spacial score (nSPS) is 10.1. The molecule has 1 N–H and O–H groups in total. The Morgan fingerprint density at radius 2 is 2.29 bits per heavy atom. The van der Waals surface area contributed by atoms with E-state index in [9.17, 15) is 0 Å². The maximum atomic E-state index is 4.13. The summed E-state index contributed by atoms with van der Waals surface area (Å²) in [6.07, 6.45) is 5.04. The van der Waals surface area contributed by atoms with Crippen molar-refractivity contribution in [2.75, 3.05) is 5.32 Å². The van der Waals surface area contributed by atoms with Gasteiger partial charge in [-0.15, -0.1) is 10.2 Å². The summed E-state index contributed by atoms with van der Waals surface area (Å²) in [5.41, 5.74) is 0.889. The van der Waals surface area contributed by atoms with Gasteiger partial charge in [-0.3, -0.25) is 9.97 Å². The first-order chi connectivity index (χ1) is 6.84. The quantitative estimate of drug-likeness (QED) is 0.820. The second-order valence-electron chi connectivity index (χ2n) is 2.68. The summed E-state index contributed by atoms with van der Waals surface area (Å²) in [4.78, 5) is 8.10. The zero-order valence-corrected chi connectivity index (χ0v) is 8.45. The molecule has 2 aromatic rings. The lowest BCUT2D eigenvalue weighted by atomic mass is 10.4. The smallest absolute Gasteiger partial charge is 0.205 e. The number of aryl methyl sites for hydroxylation is 1. The molecule has 2 heterocycles. The van der Waals surface area contributed by atoms with Gasteiger partial charge in [-0.25, -0.2) is 0 Å². The van der Waals surface area contributed by atoms with Crippen LogP contribution in [0.5, 0.6) is 0 Å². The van der Waals surface area contributed by atoms with Gasteiger partial charge in [-0.05, 0) is 6.92 Å². The van der Waals surface area contributed by atoms with Gasteiger partial charge in [0, 0.05) is 12.4 Å². The predicted octanol–water partition coefficient (Wildman–Crippen LogP) is 1.25. The lowest BCUT2D eigenvalue weighted by molar-refractivity contribution is 0.982. The maximum absolute atomic E-state index is 4.13. The fourth-order valence-electron chi connectivity index (χ4n) is 0.955. The number of anilines is 1. The molecule has 0 aliphatic rings. The summed E-state index contributed by atoms with van der Waals surface area (Å²) < 4.78 is 0. The van der Waals surface area contributed by atoms with Crippen molar-refractivity contribution in [2.24, 2.45) is 0 Å². The molecular formula is C8H9N5S. The molecular weight excluding hydrogens is 198 g/mol. The van der Waals surface area contributed by atoms with Crippen molar-refractivity contribution in [3.63, 3.8) is 0 Å². The first-order valence-corrected chi connectivity index (χ1v) is 4.95. The lowest BCUT2D eigenvalue weighted by Gasteiger charge is -1.99. The molecule has 2 rings (SSSR count). The Labute approximate surface area is 85.3 Å². The van der Waals surface area contributed by atoms with E-state index in [1.54, 1.807) is 18.6 Å². The SMILES string of the molecule is Cc1nnc(NCc2cnccn2)s1. The van der Waals surface area contributed by atoms with Crippen molar-refractivity contribution in [3.05, 3.63) is 29.3 Å². The zero-order chi connectivity index (χ0) is 9.80. The van der Waals surface area contributed by atoms with Gasteiger partial charge in [-0.2, -0.15) is 0 Å². The van der Waals surface area contributed by atoms with Gasteiger partial charge in [-0.1, -0.05) is 11.3 Å². The van der Waals surface area contributed by atoms with Gasteiger partial charge in [0.25, 0.3) is 0 Å². The number of nitrogens with zero attached hydrogens (tertiary/aromatic N) is 4. The molecule has 14 heavy (non-hydrogen) atoms. The average molecular weight is 207 g/mol. The fraction of sp³-hybridized carbons (Fsp3) is 0.250. The van der Waals surface area contributed by atoms with Crippen molar-refractivity contribution in [3.8, 4) is 0 Å². The number of hydrogen-bond acceptors (Lipinski definition) is 6. The summed E-state index contributed by atoms with van der Waals surface area (Å²) >= 11 is 1.53. The second kappa shape index (κ2) is 4.10. The number of rotatable bonds is 3.